The van der Waals surface area contributed by atoms with Crippen LogP contribution in [0.1, 0.15) is 5.82 Å². The molecule has 0 N–H and O–H groups in total. The zero-order chi connectivity index (χ0) is 13.1. The summed E-state index contributed by atoms with van der Waals surface area (Å²) in [5.74, 6) is 0.790. The fourth-order valence-electron chi connectivity index (χ4n) is 2.12. The van der Waals surface area contributed by atoms with Crippen molar-refractivity contribution in [3.63, 3.8) is 0 Å². The van der Waals surface area contributed by atoms with Crippen LogP contribution in [0.5, 0.6) is 0 Å². The van der Waals surface area contributed by atoms with Crippen molar-refractivity contribution in [1.82, 2.24) is 9.97 Å². The summed E-state index contributed by atoms with van der Waals surface area (Å²) < 4.78 is 0. The molecule has 2 aromatic carbocycles. The average molecular weight is 246 g/mol. The van der Waals surface area contributed by atoms with Crippen LogP contribution in [0.15, 0.2) is 66.9 Å². The Morgan fingerprint density at radius 1 is 0.737 bits per heavy atom. The molecule has 0 aliphatic rings. The Hall–Kier alpha value is -2.48. The maximum absolute atomic E-state index is 4.61. The second kappa shape index (κ2) is 5.02. The van der Waals surface area contributed by atoms with Gasteiger partial charge in [0.1, 0.15) is 5.82 Å². The molecule has 0 bridgehead atoms. The van der Waals surface area contributed by atoms with Gasteiger partial charge in [-0.1, -0.05) is 60.7 Å². The van der Waals surface area contributed by atoms with E-state index < -0.39 is 0 Å². The number of nitrogens with zero attached hydrogens (tertiary/aromatic N) is 2. The molecule has 0 radical (unpaired) electrons. The Bertz CT molecular complexity index is 676. The highest BCUT2D eigenvalue weighted by atomic mass is 14.9. The number of hydrogen-bond acceptors (Lipinski definition) is 2. The minimum absolute atomic E-state index is 0.790. The lowest BCUT2D eigenvalue weighted by Crippen LogP contribution is -1.94. The van der Waals surface area contributed by atoms with Crippen LogP contribution in [-0.4, -0.2) is 9.97 Å². The Labute approximate surface area is 112 Å². The smallest absolute Gasteiger partial charge is 0.125 e. The number of aryl methyl sites for hydroxylation is 1. The first-order chi connectivity index (χ1) is 9.34. The van der Waals surface area contributed by atoms with Crippen LogP contribution in [0.4, 0.5) is 0 Å². The van der Waals surface area contributed by atoms with Gasteiger partial charge < -0.3 is 0 Å². The fourth-order valence-corrected chi connectivity index (χ4v) is 2.12. The highest BCUT2D eigenvalue weighted by Gasteiger charge is 2.09. The molecule has 0 unspecified atom stereocenters. The molecule has 0 spiro atoms. The Morgan fingerprint density at radius 2 is 1.32 bits per heavy atom. The highest BCUT2D eigenvalue weighted by molar-refractivity contribution is 5.79. The Kier molecular flexibility index (Phi) is 3.07. The van der Waals surface area contributed by atoms with Gasteiger partial charge in [-0.15, -0.1) is 0 Å². The summed E-state index contributed by atoms with van der Waals surface area (Å²) in [6, 6.07) is 20.5. The van der Waals surface area contributed by atoms with Crippen molar-refractivity contribution in [2.75, 3.05) is 0 Å². The van der Waals surface area contributed by atoms with Gasteiger partial charge in [0.2, 0.25) is 0 Å². The fraction of sp³-hybridized carbons (Fsp3) is 0.0588. The minimum Gasteiger partial charge on any atom is -0.241 e. The first kappa shape index (κ1) is 11.6. The largest absolute Gasteiger partial charge is 0.241 e. The molecule has 2 nitrogen and oxygen atoms in total. The van der Waals surface area contributed by atoms with Crippen LogP contribution in [0.2, 0.25) is 0 Å². The van der Waals surface area contributed by atoms with Crippen LogP contribution in [0.25, 0.3) is 22.4 Å². The molecular formula is C17H14N2. The summed E-state index contributed by atoms with van der Waals surface area (Å²) in [6.07, 6.45) is 1.90. The van der Waals surface area contributed by atoms with Crippen molar-refractivity contribution in [3.05, 3.63) is 72.7 Å². The molecule has 0 saturated carbocycles. The van der Waals surface area contributed by atoms with E-state index in [1.807, 2.05) is 49.5 Å². The zero-order valence-corrected chi connectivity index (χ0v) is 10.7. The van der Waals surface area contributed by atoms with E-state index in [0.29, 0.717) is 0 Å². The third kappa shape index (κ3) is 2.38. The summed E-state index contributed by atoms with van der Waals surface area (Å²) in [7, 11) is 0. The van der Waals surface area contributed by atoms with Crippen molar-refractivity contribution in [1.29, 1.82) is 0 Å². The Morgan fingerprint density at radius 3 is 1.95 bits per heavy atom. The molecule has 1 heterocycles. The van der Waals surface area contributed by atoms with Gasteiger partial charge in [0.15, 0.2) is 0 Å². The van der Waals surface area contributed by atoms with E-state index >= 15 is 0 Å². The van der Waals surface area contributed by atoms with E-state index in [0.717, 1.165) is 28.2 Å². The van der Waals surface area contributed by atoms with Crippen molar-refractivity contribution in [2.45, 2.75) is 6.92 Å². The van der Waals surface area contributed by atoms with Crippen LogP contribution < -0.4 is 0 Å². The van der Waals surface area contributed by atoms with E-state index in [1.165, 1.54) is 0 Å². The lowest BCUT2D eigenvalue weighted by molar-refractivity contribution is 1.06. The van der Waals surface area contributed by atoms with E-state index in [1.54, 1.807) is 0 Å². The van der Waals surface area contributed by atoms with Crippen molar-refractivity contribution < 1.29 is 0 Å². The summed E-state index contributed by atoms with van der Waals surface area (Å²) in [4.78, 5) is 8.94. The van der Waals surface area contributed by atoms with Gasteiger partial charge in [-0.05, 0) is 12.5 Å². The predicted octanol–water partition coefficient (Wildman–Crippen LogP) is 4.12. The molecule has 0 amide bonds. The van der Waals surface area contributed by atoms with E-state index in [-0.39, 0.29) is 0 Å². The molecule has 3 aromatic rings. The van der Waals surface area contributed by atoms with Gasteiger partial charge in [0.05, 0.1) is 5.69 Å². The van der Waals surface area contributed by atoms with Crippen molar-refractivity contribution in [3.8, 4) is 22.4 Å². The molecule has 0 fully saturated rings. The SMILES string of the molecule is Cc1ncc(-c2ccccc2)c(-c2ccccc2)n1. The first-order valence-corrected chi connectivity index (χ1v) is 6.29. The highest BCUT2D eigenvalue weighted by Crippen LogP contribution is 2.29. The number of benzene rings is 2. The molecule has 0 aliphatic carbocycles. The number of hydrogen-bond donors (Lipinski definition) is 0. The van der Waals surface area contributed by atoms with Gasteiger partial charge in [0, 0.05) is 17.3 Å². The molecule has 1 aromatic heterocycles. The lowest BCUT2D eigenvalue weighted by Gasteiger charge is -2.09. The maximum Gasteiger partial charge on any atom is 0.125 e. The first-order valence-electron chi connectivity index (χ1n) is 6.29. The average Bonchev–Trinajstić information content (AvgIpc) is 2.49. The summed E-state index contributed by atoms with van der Waals surface area (Å²) in [5.41, 5.74) is 4.31. The van der Waals surface area contributed by atoms with E-state index in [2.05, 4.69) is 34.2 Å². The summed E-state index contributed by atoms with van der Waals surface area (Å²) in [5, 5.41) is 0. The summed E-state index contributed by atoms with van der Waals surface area (Å²) >= 11 is 0. The quantitative estimate of drug-likeness (QED) is 0.679. The van der Waals surface area contributed by atoms with Gasteiger partial charge in [-0.25, -0.2) is 9.97 Å². The van der Waals surface area contributed by atoms with Gasteiger partial charge in [-0.3, -0.25) is 0 Å². The number of rotatable bonds is 2. The van der Waals surface area contributed by atoms with Crippen molar-refractivity contribution >= 4 is 0 Å². The monoisotopic (exact) mass is 246 g/mol. The molecule has 2 heteroatoms. The van der Waals surface area contributed by atoms with Crippen LogP contribution >= 0.6 is 0 Å². The Balaban J connectivity index is 2.21. The molecule has 3 rings (SSSR count). The van der Waals surface area contributed by atoms with Crippen LogP contribution in [0, 0.1) is 6.92 Å². The van der Waals surface area contributed by atoms with Crippen molar-refractivity contribution in [2.24, 2.45) is 0 Å². The normalized spacial score (nSPS) is 10.4. The maximum atomic E-state index is 4.61. The van der Waals surface area contributed by atoms with Crippen LogP contribution in [0.3, 0.4) is 0 Å². The second-order valence-corrected chi connectivity index (χ2v) is 4.41. The van der Waals surface area contributed by atoms with E-state index in [9.17, 15) is 0 Å². The molecule has 92 valence electrons. The van der Waals surface area contributed by atoms with Gasteiger partial charge >= 0.3 is 0 Å². The summed E-state index contributed by atoms with van der Waals surface area (Å²) in [6.45, 7) is 1.92. The molecule has 0 saturated heterocycles. The topological polar surface area (TPSA) is 25.8 Å². The molecule has 0 aliphatic heterocycles. The van der Waals surface area contributed by atoms with Gasteiger partial charge in [-0.2, -0.15) is 0 Å². The molecular weight excluding hydrogens is 232 g/mol. The standard InChI is InChI=1S/C17H14N2/c1-13-18-12-16(14-8-4-2-5-9-14)17(19-13)15-10-6-3-7-11-15/h2-12H,1H3. The lowest BCUT2D eigenvalue weighted by atomic mass is 10.0. The third-order valence-corrected chi connectivity index (χ3v) is 3.04. The molecule has 0 atom stereocenters. The van der Waals surface area contributed by atoms with E-state index in [4.69, 9.17) is 0 Å². The third-order valence-electron chi connectivity index (χ3n) is 3.04. The number of aromatic nitrogens is 2. The zero-order valence-electron chi connectivity index (χ0n) is 10.7. The molecule has 19 heavy (non-hydrogen) atoms. The van der Waals surface area contributed by atoms with Crippen LogP contribution in [-0.2, 0) is 0 Å². The second-order valence-electron chi connectivity index (χ2n) is 4.41. The van der Waals surface area contributed by atoms with Gasteiger partial charge in [0.25, 0.3) is 0 Å². The minimum atomic E-state index is 0.790. The predicted molar refractivity (Wildman–Crippen MR) is 77.6 cm³/mol.